The summed E-state index contributed by atoms with van der Waals surface area (Å²) < 4.78 is 24.5. The number of nitrogens with one attached hydrogen (secondary N) is 1. The van der Waals surface area contributed by atoms with Gasteiger partial charge in [0.25, 0.3) is 6.43 Å². The lowest BCUT2D eigenvalue weighted by molar-refractivity contribution is 0.150. The molecule has 0 spiro atoms. The Labute approximate surface area is 105 Å². The Hall–Kier alpha value is -1.27. The van der Waals surface area contributed by atoms with Gasteiger partial charge in [0.1, 0.15) is 0 Å². The predicted molar refractivity (Wildman–Crippen MR) is 63.6 cm³/mol. The normalized spacial score (nSPS) is 10.8. The van der Waals surface area contributed by atoms with Crippen LogP contribution in [0.15, 0.2) is 24.3 Å². The van der Waals surface area contributed by atoms with Crippen LogP contribution in [0.2, 0.25) is 5.02 Å². The number of nitrogens with zero attached hydrogens (tertiary/aromatic N) is 2. The minimum absolute atomic E-state index is 0.274. The molecule has 90 valence electrons. The summed E-state index contributed by atoms with van der Waals surface area (Å²) in [6, 6.07) is 7.24. The summed E-state index contributed by atoms with van der Waals surface area (Å²) in [7, 11) is 0. The molecule has 0 amide bonds. The fourth-order valence-corrected chi connectivity index (χ4v) is 1.89. The molecular weight excluding hydrogens is 268 g/mol. The van der Waals surface area contributed by atoms with Gasteiger partial charge in [-0.25, -0.2) is 8.78 Å². The Morgan fingerprint density at radius 2 is 1.94 bits per heavy atom. The molecule has 3 nitrogen and oxygen atoms in total. The third-order valence-electron chi connectivity index (χ3n) is 1.98. The first-order valence-electron chi connectivity index (χ1n) is 4.75. The van der Waals surface area contributed by atoms with E-state index in [1.54, 1.807) is 12.1 Å². The SMILES string of the molecule is FC(F)c1nnc(NCc2ccc(Cl)cc2)s1. The number of hydrogen-bond donors (Lipinski definition) is 1. The maximum Gasteiger partial charge on any atom is 0.291 e. The summed E-state index contributed by atoms with van der Waals surface area (Å²) >= 11 is 6.60. The van der Waals surface area contributed by atoms with E-state index in [4.69, 9.17) is 11.6 Å². The Kier molecular flexibility index (Phi) is 3.86. The molecule has 0 aliphatic carbocycles. The van der Waals surface area contributed by atoms with Crippen LogP contribution in [0.3, 0.4) is 0 Å². The lowest BCUT2D eigenvalue weighted by Gasteiger charge is -2.01. The van der Waals surface area contributed by atoms with Crippen molar-refractivity contribution < 1.29 is 8.78 Å². The standard InChI is InChI=1S/C10H8ClF2N3S/c11-7-3-1-6(2-4-7)5-14-10-16-15-9(17-10)8(12)13/h1-4,8H,5H2,(H,14,16). The molecular formula is C10H8ClF2N3S. The third-order valence-corrected chi connectivity index (χ3v) is 3.12. The topological polar surface area (TPSA) is 37.8 Å². The van der Waals surface area contributed by atoms with Crippen molar-refractivity contribution in [3.05, 3.63) is 39.9 Å². The smallest absolute Gasteiger partial charge is 0.291 e. The minimum atomic E-state index is -2.57. The molecule has 17 heavy (non-hydrogen) atoms. The molecule has 0 fully saturated rings. The van der Waals surface area contributed by atoms with Crippen molar-refractivity contribution in [1.82, 2.24) is 10.2 Å². The van der Waals surface area contributed by atoms with Crippen molar-refractivity contribution >= 4 is 28.1 Å². The van der Waals surface area contributed by atoms with Gasteiger partial charge in [-0.15, -0.1) is 10.2 Å². The zero-order valence-electron chi connectivity index (χ0n) is 8.53. The molecule has 0 bridgehead atoms. The summed E-state index contributed by atoms with van der Waals surface area (Å²) in [6.45, 7) is 0.495. The molecule has 2 rings (SSSR count). The summed E-state index contributed by atoms with van der Waals surface area (Å²) in [6.07, 6.45) is -2.57. The van der Waals surface area contributed by atoms with E-state index in [2.05, 4.69) is 15.5 Å². The Balaban J connectivity index is 1.95. The highest BCUT2D eigenvalue weighted by molar-refractivity contribution is 7.15. The molecule has 0 saturated heterocycles. The number of alkyl halides is 2. The van der Waals surface area contributed by atoms with Gasteiger partial charge in [-0.2, -0.15) is 0 Å². The first-order valence-corrected chi connectivity index (χ1v) is 5.94. The molecule has 1 heterocycles. The summed E-state index contributed by atoms with van der Waals surface area (Å²) in [5, 5.41) is 10.7. The van der Waals surface area contributed by atoms with Crippen LogP contribution < -0.4 is 5.32 Å². The van der Waals surface area contributed by atoms with Crippen LogP contribution in [0.4, 0.5) is 13.9 Å². The van der Waals surface area contributed by atoms with E-state index < -0.39 is 6.43 Å². The van der Waals surface area contributed by atoms with Gasteiger partial charge in [0.15, 0.2) is 5.01 Å². The predicted octanol–water partition coefficient (Wildman–Crippen LogP) is 3.74. The van der Waals surface area contributed by atoms with Crippen LogP contribution in [0.1, 0.15) is 17.0 Å². The highest BCUT2D eigenvalue weighted by atomic mass is 35.5. The number of rotatable bonds is 4. The molecule has 0 aliphatic heterocycles. The molecule has 0 saturated carbocycles. The van der Waals surface area contributed by atoms with Crippen molar-refractivity contribution in [2.45, 2.75) is 13.0 Å². The molecule has 0 atom stereocenters. The van der Waals surface area contributed by atoms with E-state index in [-0.39, 0.29) is 5.01 Å². The fourth-order valence-electron chi connectivity index (χ4n) is 1.17. The maximum atomic E-state index is 12.3. The van der Waals surface area contributed by atoms with Crippen LogP contribution in [0.5, 0.6) is 0 Å². The second-order valence-corrected chi connectivity index (χ2v) is 4.67. The van der Waals surface area contributed by atoms with Gasteiger partial charge in [0.2, 0.25) is 5.13 Å². The zero-order chi connectivity index (χ0) is 12.3. The van der Waals surface area contributed by atoms with Gasteiger partial charge in [-0.05, 0) is 17.7 Å². The number of hydrogen-bond acceptors (Lipinski definition) is 4. The van der Waals surface area contributed by atoms with Gasteiger partial charge in [0.05, 0.1) is 0 Å². The van der Waals surface area contributed by atoms with E-state index in [0.717, 1.165) is 16.9 Å². The van der Waals surface area contributed by atoms with Gasteiger partial charge >= 0.3 is 0 Å². The molecule has 0 radical (unpaired) electrons. The van der Waals surface area contributed by atoms with Gasteiger partial charge < -0.3 is 5.32 Å². The van der Waals surface area contributed by atoms with Crippen molar-refractivity contribution in [3.63, 3.8) is 0 Å². The van der Waals surface area contributed by atoms with Crippen molar-refractivity contribution in [3.8, 4) is 0 Å². The Morgan fingerprint density at radius 1 is 1.24 bits per heavy atom. The molecule has 2 aromatic rings. The number of aromatic nitrogens is 2. The van der Waals surface area contributed by atoms with Crippen LogP contribution in [-0.2, 0) is 6.54 Å². The number of halogens is 3. The van der Waals surface area contributed by atoms with E-state index in [1.165, 1.54) is 0 Å². The molecule has 1 aromatic carbocycles. The molecule has 0 aliphatic rings. The van der Waals surface area contributed by atoms with E-state index in [0.29, 0.717) is 16.7 Å². The third kappa shape index (κ3) is 3.34. The second kappa shape index (κ2) is 5.37. The largest absolute Gasteiger partial charge is 0.356 e. The van der Waals surface area contributed by atoms with Crippen molar-refractivity contribution in [1.29, 1.82) is 0 Å². The zero-order valence-corrected chi connectivity index (χ0v) is 10.1. The number of anilines is 1. The Bertz CT molecular complexity index is 487. The van der Waals surface area contributed by atoms with E-state index in [1.807, 2.05) is 12.1 Å². The second-order valence-electron chi connectivity index (χ2n) is 3.23. The highest BCUT2D eigenvalue weighted by Crippen LogP contribution is 2.25. The fraction of sp³-hybridized carbons (Fsp3) is 0.200. The number of benzene rings is 1. The van der Waals surface area contributed by atoms with Crippen LogP contribution in [-0.4, -0.2) is 10.2 Å². The molecule has 1 N–H and O–H groups in total. The van der Waals surface area contributed by atoms with Crippen LogP contribution in [0.25, 0.3) is 0 Å². The molecule has 7 heteroatoms. The van der Waals surface area contributed by atoms with Gasteiger partial charge in [-0.3, -0.25) is 0 Å². The Morgan fingerprint density at radius 3 is 2.53 bits per heavy atom. The lowest BCUT2D eigenvalue weighted by atomic mass is 10.2. The maximum absolute atomic E-state index is 12.3. The van der Waals surface area contributed by atoms with E-state index in [9.17, 15) is 8.78 Å². The summed E-state index contributed by atoms with van der Waals surface area (Å²) in [5.41, 5.74) is 0.989. The lowest BCUT2D eigenvalue weighted by Crippen LogP contribution is -1.98. The van der Waals surface area contributed by atoms with Crippen molar-refractivity contribution in [2.75, 3.05) is 5.32 Å². The van der Waals surface area contributed by atoms with Gasteiger partial charge in [-0.1, -0.05) is 35.1 Å². The first kappa shape index (κ1) is 12.2. The summed E-state index contributed by atoms with van der Waals surface area (Å²) in [5.74, 6) is 0. The minimum Gasteiger partial charge on any atom is -0.356 e. The van der Waals surface area contributed by atoms with Crippen molar-refractivity contribution in [2.24, 2.45) is 0 Å². The molecule has 1 aromatic heterocycles. The van der Waals surface area contributed by atoms with Crippen LogP contribution in [0, 0.1) is 0 Å². The van der Waals surface area contributed by atoms with Gasteiger partial charge in [0, 0.05) is 11.6 Å². The van der Waals surface area contributed by atoms with Crippen LogP contribution >= 0.6 is 22.9 Å². The molecule has 0 unspecified atom stereocenters. The monoisotopic (exact) mass is 275 g/mol. The first-order chi connectivity index (χ1) is 8.15. The quantitative estimate of drug-likeness (QED) is 0.924. The average Bonchev–Trinajstić information content (AvgIpc) is 2.77. The van der Waals surface area contributed by atoms with E-state index >= 15 is 0 Å². The average molecular weight is 276 g/mol. The summed E-state index contributed by atoms with van der Waals surface area (Å²) in [4.78, 5) is 0. The highest BCUT2D eigenvalue weighted by Gasteiger charge is 2.13.